The van der Waals surface area contributed by atoms with Crippen LogP contribution in [0, 0.1) is 17.8 Å². The molecule has 0 aromatic rings. The van der Waals surface area contributed by atoms with Gasteiger partial charge in [-0.05, 0) is 35.3 Å². The molecule has 2 rings (SSSR count). The first kappa shape index (κ1) is 12.7. The molecule has 2 aliphatic rings. The Labute approximate surface area is 103 Å². The van der Waals surface area contributed by atoms with Crippen molar-refractivity contribution in [3.05, 3.63) is 0 Å². The summed E-state index contributed by atoms with van der Waals surface area (Å²) in [4.78, 5) is 0. The van der Waals surface area contributed by atoms with E-state index in [2.05, 4.69) is 33.9 Å². The summed E-state index contributed by atoms with van der Waals surface area (Å²) in [5.41, 5.74) is 2.25. The SMILES string of the molecule is CC1CC(C)C([Si](C)(C)C2CCCC2)C1C. The van der Waals surface area contributed by atoms with Crippen LogP contribution in [0.15, 0.2) is 0 Å². The molecule has 0 aromatic heterocycles. The molecular formula is C15H30Si. The van der Waals surface area contributed by atoms with Gasteiger partial charge in [-0.2, -0.15) is 0 Å². The van der Waals surface area contributed by atoms with Crippen LogP contribution < -0.4 is 0 Å². The molecule has 2 saturated carbocycles. The van der Waals surface area contributed by atoms with Crippen molar-refractivity contribution in [1.82, 2.24) is 0 Å². The number of hydrogen-bond donors (Lipinski definition) is 0. The highest BCUT2D eigenvalue weighted by molar-refractivity contribution is 6.80. The van der Waals surface area contributed by atoms with Gasteiger partial charge in [-0.1, -0.05) is 59.5 Å². The second-order valence-electron chi connectivity index (χ2n) is 7.38. The number of hydrogen-bond acceptors (Lipinski definition) is 0. The minimum atomic E-state index is -1.01. The normalized spacial score (nSPS) is 41.8. The van der Waals surface area contributed by atoms with Crippen LogP contribution in [0.5, 0.6) is 0 Å². The van der Waals surface area contributed by atoms with Crippen molar-refractivity contribution in [3.63, 3.8) is 0 Å². The van der Waals surface area contributed by atoms with Gasteiger partial charge in [0.1, 0.15) is 0 Å². The summed E-state index contributed by atoms with van der Waals surface area (Å²) >= 11 is 0. The quantitative estimate of drug-likeness (QED) is 0.571. The molecule has 0 nitrogen and oxygen atoms in total. The van der Waals surface area contributed by atoms with E-state index in [1.807, 2.05) is 0 Å². The van der Waals surface area contributed by atoms with Crippen molar-refractivity contribution >= 4 is 8.07 Å². The highest BCUT2D eigenvalue weighted by Crippen LogP contribution is 2.56. The van der Waals surface area contributed by atoms with Gasteiger partial charge in [0.05, 0.1) is 8.07 Å². The van der Waals surface area contributed by atoms with E-state index in [1.54, 1.807) is 12.8 Å². The second kappa shape index (κ2) is 4.47. The smallest absolute Gasteiger partial charge is 0.0541 e. The van der Waals surface area contributed by atoms with Crippen LogP contribution >= 0.6 is 0 Å². The van der Waals surface area contributed by atoms with Gasteiger partial charge in [0.25, 0.3) is 0 Å². The second-order valence-corrected chi connectivity index (χ2v) is 12.5. The van der Waals surface area contributed by atoms with Gasteiger partial charge >= 0.3 is 0 Å². The standard InChI is InChI=1S/C15H30Si/c1-11-10-12(2)15(13(11)3)16(4,5)14-8-6-7-9-14/h11-15H,6-10H2,1-5H3. The topological polar surface area (TPSA) is 0 Å². The molecule has 0 heterocycles. The third-order valence-corrected chi connectivity index (χ3v) is 11.6. The number of rotatable bonds is 2. The Balaban J connectivity index is 2.15. The molecule has 0 amide bonds. The Morgan fingerprint density at radius 2 is 1.44 bits per heavy atom. The summed E-state index contributed by atoms with van der Waals surface area (Å²) in [6.45, 7) is 13.0. The molecule has 1 heteroatoms. The first-order valence-electron chi connectivity index (χ1n) is 7.44. The van der Waals surface area contributed by atoms with Crippen LogP contribution in [-0.2, 0) is 0 Å². The molecular weight excluding hydrogens is 208 g/mol. The van der Waals surface area contributed by atoms with E-state index in [0.717, 1.165) is 28.8 Å². The van der Waals surface area contributed by atoms with Crippen molar-refractivity contribution in [3.8, 4) is 0 Å². The summed E-state index contributed by atoms with van der Waals surface area (Å²) in [5, 5.41) is 0. The summed E-state index contributed by atoms with van der Waals surface area (Å²) in [5.74, 6) is 2.98. The molecule has 0 saturated heterocycles. The molecule has 4 unspecified atom stereocenters. The third-order valence-electron chi connectivity index (χ3n) is 6.09. The maximum Gasteiger partial charge on any atom is 0.0541 e. The van der Waals surface area contributed by atoms with E-state index in [9.17, 15) is 0 Å². The van der Waals surface area contributed by atoms with Crippen molar-refractivity contribution in [2.45, 2.75) is 77.1 Å². The van der Waals surface area contributed by atoms with Crippen LogP contribution in [0.25, 0.3) is 0 Å². The average Bonchev–Trinajstić information content (AvgIpc) is 2.76. The summed E-state index contributed by atoms with van der Waals surface area (Å²) in [6.07, 6.45) is 7.65. The summed E-state index contributed by atoms with van der Waals surface area (Å²) in [7, 11) is -1.01. The van der Waals surface area contributed by atoms with Crippen LogP contribution in [-0.4, -0.2) is 8.07 Å². The lowest BCUT2D eigenvalue weighted by molar-refractivity contribution is 0.448. The van der Waals surface area contributed by atoms with Crippen LogP contribution in [0.3, 0.4) is 0 Å². The van der Waals surface area contributed by atoms with Crippen LogP contribution in [0.4, 0.5) is 0 Å². The van der Waals surface area contributed by atoms with E-state index in [4.69, 9.17) is 0 Å². The maximum atomic E-state index is 2.71. The molecule has 0 radical (unpaired) electrons. The predicted octanol–water partition coefficient (Wildman–Crippen LogP) is 5.32. The monoisotopic (exact) mass is 238 g/mol. The maximum absolute atomic E-state index is 2.71. The molecule has 0 spiro atoms. The Hall–Kier alpha value is 0.217. The van der Waals surface area contributed by atoms with Gasteiger partial charge in [0, 0.05) is 0 Å². The Morgan fingerprint density at radius 1 is 0.875 bits per heavy atom. The zero-order chi connectivity index (χ0) is 11.9. The molecule has 0 bridgehead atoms. The third kappa shape index (κ3) is 2.00. The summed E-state index contributed by atoms with van der Waals surface area (Å²) < 4.78 is 0. The fourth-order valence-corrected chi connectivity index (χ4v) is 10.9. The van der Waals surface area contributed by atoms with E-state index >= 15 is 0 Å². The fraction of sp³-hybridized carbons (Fsp3) is 1.00. The van der Waals surface area contributed by atoms with E-state index in [1.165, 1.54) is 19.3 Å². The molecule has 0 N–H and O–H groups in total. The minimum Gasteiger partial charge on any atom is -0.0689 e. The lowest BCUT2D eigenvalue weighted by Gasteiger charge is -2.41. The van der Waals surface area contributed by atoms with Crippen molar-refractivity contribution in [2.75, 3.05) is 0 Å². The van der Waals surface area contributed by atoms with Gasteiger partial charge < -0.3 is 0 Å². The van der Waals surface area contributed by atoms with Gasteiger partial charge in [-0.25, -0.2) is 0 Å². The first-order chi connectivity index (χ1) is 7.44. The van der Waals surface area contributed by atoms with Crippen molar-refractivity contribution < 1.29 is 0 Å². The highest BCUT2D eigenvalue weighted by atomic mass is 28.3. The van der Waals surface area contributed by atoms with E-state index < -0.39 is 8.07 Å². The zero-order valence-electron chi connectivity index (χ0n) is 11.9. The van der Waals surface area contributed by atoms with Gasteiger partial charge in [0.15, 0.2) is 0 Å². The van der Waals surface area contributed by atoms with Gasteiger partial charge in [-0.15, -0.1) is 0 Å². The van der Waals surface area contributed by atoms with Crippen LogP contribution in [0.2, 0.25) is 24.2 Å². The largest absolute Gasteiger partial charge is 0.0689 e. The highest BCUT2D eigenvalue weighted by Gasteiger charge is 2.49. The molecule has 0 aliphatic heterocycles. The predicted molar refractivity (Wildman–Crippen MR) is 75.6 cm³/mol. The van der Waals surface area contributed by atoms with Crippen LogP contribution in [0.1, 0.15) is 52.9 Å². The fourth-order valence-electron chi connectivity index (χ4n) is 5.17. The molecule has 16 heavy (non-hydrogen) atoms. The minimum absolute atomic E-state index is 0.980. The molecule has 4 atom stereocenters. The zero-order valence-corrected chi connectivity index (χ0v) is 12.9. The first-order valence-corrected chi connectivity index (χ1v) is 10.6. The lowest BCUT2D eigenvalue weighted by Crippen LogP contribution is -2.41. The van der Waals surface area contributed by atoms with Crippen molar-refractivity contribution in [1.29, 1.82) is 0 Å². The van der Waals surface area contributed by atoms with Crippen molar-refractivity contribution in [2.24, 2.45) is 17.8 Å². The Morgan fingerprint density at radius 3 is 1.88 bits per heavy atom. The molecule has 0 aromatic carbocycles. The Bertz CT molecular complexity index is 240. The van der Waals surface area contributed by atoms with E-state index in [-0.39, 0.29) is 0 Å². The van der Waals surface area contributed by atoms with Gasteiger partial charge in [0.2, 0.25) is 0 Å². The Kier molecular flexibility index (Phi) is 3.54. The van der Waals surface area contributed by atoms with Gasteiger partial charge in [-0.3, -0.25) is 0 Å². The molecule has 2 aliphatic carbocycles. The molecule has 94 valence electrons. The molecule has 2 fully saturated rings. The van der Waals surface area contributed by atoms with E-state index in [0.29, 0.717) is 0 Å². The average molecular weight is 238 g/mol. The summed E-state index contributed by atoms with van der Waals surface area (Å²) in [6, 6.07) is 0. The lowest BCUT2D eigenvalue weighted by atomic mass is 10.0.